The van der Waals surface area contributed by atoms with Crippen LogP contribution in [-0.4, -0.2) is 37.6 Å². The van der Waals surface area contributed by atoms with E-state index >= 15 is 0 Å². The van der Waals surface area contributed by atoms with E-state index in [-0.39, 0.29) is 16.4 Å². The van der Waals surface area contributed by atoms with E-state index in [1.54, 1.807) is 31.2 Å². The Bertz CT molecular complexity index is 1070. The van der Waals surface area contributed by atoms with Crippen molar-refractivity contribution < 1.29 is 18.0 Å². The Labute approximate surface area is 177 Å². The van der Waals surface area contributed by atoms with Crippen LogP contribution in [0.3, 0.4) is 0 Å². The number of nitrogens with one attached hydrogen (secondary N) is 2. The number of piperidine rings is 1. The second-order valence-corrected chi connectivity index (χ2v) is 9.56. The molecule has 3 rings (SSSR count). The van der Waals surface area contributed by atoms with Crippen molar-refractivity contribution in [2.75, 3.05) is 23.7 Å². The van der Waals surface area contributed by atoms with Crippen LogP contribution >= 0.6 is 0 Å². The first-order chi connectivity index (χ1) is 14.2. The van der Waals surface area contributed by atoms with Crippen molar-refractivity contribution in [1.82, 2.24) is 4.31 Å². The van der Waals surface area contributed by atoms with Crippen LogP contribution < -0.4 is 10.6 Å². The molecule has 1 fully saturated rings. The molecule has 0 radical (unpaired) electrons. The minimum atomic E-state index is -3.64. The average Bonchev–Trinajstić information content (AvgIpc) is 2.70. The molecule has 160 valence electrons. The van der Waals surface area contributed by atoms with Crippen molar-refractivity contribution in [2.45, 2.75) is 44.9 Å². The van der Waals surface area contributed by atoms with E-state index in [1.807, 2.05) is 13.0 Å². The molecule has 1 aliphatic rings. The molecule has 0 atom stereocenters. The summed E-state index contributed by atoms with van der Waals surface area (Å²) in [5.74, 6) is -0.680. The maximum atomic E-state index is 13.0. The fourth-order valence-corrected chi connectivity index (χ4v) is 5.05. The third kappa shape index (κ3) is 4.88. The summed E-state index contributed by atoms with van der Waals surface area (Å²) in [5.41, 5.74) is 2.80. The lowest BCUT2D eigenvalue weighted by molar-refractivity contribution is -0.114. The van der Waals surface area contributed by atoms with Gasteiger partial charge in [0.1, 0.15) is 0 Å². The Kier molecular flexibility index (Phi) is 6.58. The highest BCUT2D eigenvalue weighted by atomic mass is 32.2. The molecule has 8 heteroatoms. The Morgan fingerprint density at radius 3 is 2.27 bits per heavy atom. The van der Waals surface area contributed by atoms with E-state index in [1.165, 1.54) is 17.3 Å². The van der Waals surface area contributed by atoms with Crippen LogP contribution in [0.2, 0.25) is 0 Å². The van der Waals surface area contributed by atoms with Gasteiger partial charge in [0.2, 0.25) is 15.9 Å². The molecule has 0 aliphatic carbocycles. The quantitative estimate of drug-likeness (QED) is 0.758. The number of amides is 2. The highest BCUT2D eigenvalue weighted by molar-refractivity contribution is 7.89. The zero-order chi connectivity index (χ0) is 21.9. The largest absolute Gasteiger partial charge is 0.325 e. The number of rotatable bonds is 5. The lowest BCUT2D eigenvalue weighted by Gasteiger charge is -2.26. The van der Waals surface area contributed by atoms with Crippen molar-refractivity contribution in [2.24, 2.45) is 0 Å². The first-order valence-electron chi connectivity index (χ1n) is 9.99. The molecule has 0 saturated carbocycles. The fraction of sp³-hybridized carbons (Fsp3) is 0.364. The van der Waals surface area contributed by atoms with E-state index in [9.17, 15) is 18.0 Å². The summed E-state index contributed by atoms with van der Waals surface area (Å²) in [6.45, 7) is 6.04. The predicted molar refractivity (Wildman–Crippen MR) is 117 cm³/mol. The molecule has 2 aromatic rings. The minimum Gasteiger partial charge on any atom is -0.325 e. The molecular weight excluding hydrogens is 402 g/mol. The van der Waals surface area contributed by atoms with Gasteiger partial charge in [0.05, 0.1) is 16.3 Å². The topological polar surface area (TPSA) is 95.6 Å². The Morgan fingerprint density at radius 1 is 0.900 bits per heavy atom. The molecule has 0 unspecified atom stereocenters. The molecule has 2 amide bonds. The van der Waals surface area contributed by atoms with Gasteiger partial charge < -0.3 is 10.6 Å². The number of anilines is 2. The standard InChI is InChI=1S/C22H27N3O4S/c1-15-7-10-20(23-17(3)26)21(13-15)24-22(27)19-14-18(9-8-16(19)2)30(28,29)25-11-5-4-6-12-25/h7-10,13-14H,4-6,11-12H2,1-3H3,(H,23,26)(H,24,27). The van der Waals surface area contributed by atoms with E-state index in [0.717, 1.165) is 24.8 Å². The van der Waals surface area contributed by atoms with Crippen LogP contribution in [-0.2, 0) is 14.8 Å². The normalized spacial score (nSPS) is 14.9. The Hall–Kier alpha value is -2.71. The molecular formula is C22H27N3O4S. The minimum absolute atomic E-state index is 0.117. The highest BCUT2D eigenvalue weighted by Gasteiger charge is 2.27. The Morgan fingerprint density at radius 2 is 1.60 bits per heavy atom. The van der Waals surface area contributed by atoms with Crippen molar-refractivity contribution in [3.63, 3.8) is 0 Å². The van der Waals surface area contributed by atoms with Gasteiger partial charge in [0.25, 0.3) is 5.91 Å². The summed E-state index contributed by atoms with van der Waals surface area (Å²) in [6, 6.07) is 9.94. The number of benzene rings is 2. The number of hydrogen-bond donors (Lipinski definition) is 2. The number of nitrogens with zero attached hydrogens (tertiary/aromatic N) is 1. The van der Waals surface area contributed by atoms with E-state index in [2.05, 4.69) is 10.6 Å². The van der Waals surface area contributed by atoms with Crippen LogP contribution in [0.1, 0.15) is 47.7 Å². The molecule has 7 nitrogen and oxygen atoms in total. The Balaban J connectivity index is 1.91. The van der Waals surface area contributed by atoms with E-state index in [4.69, 9.17) is 0 Å². The molecule has 2 aromatic carbocycles. The fourth-order valence-electron chi connectivity index (χ4n) is 3.51. The zero-order valence-corrected chi connectivity index (χ0v) is 18.3. The van der Waals surface area contributed by atoms with Crippen LogP contribution in [0.25, 0.3) is 0 Å². The van der Waals surface area contributed by atoms with Crippen LogP contribution in [0.5, 0.6) is 0 Å². The first kappa shape index (κ1) is 22.0. The maximum Gasteiger partial charge on any atom is 0.256 e. The number of carbonyl (C=O) groups excluding carboxylic acids is 2. The lowest BCUT2D eigenvalue weighted by atomic mass is 10.1. The number of carbonyl (C=O) groups is 2. The maximum absolute atomic E-state index is 13.0. The molecule has 1 heterocycles. The summed E-state index contributed by atoms with van der Waals surface area (Å²) in [7, 11) is -3.64. The number of aryl methyl sites for hydroxylation is 2. The van der Waals surface area contributed by atoms with Gasteiger partial charge in [0.15, 0.2) is 0 Å². The van der Waals surface area contributed by atoms with Gasteiger partial charge in [0, 0.05) is 25.6 Å². The smallest absolute Gasteiger partial charge is 0.256 e. The summed E-state index contributed by atoms with van der Waals surface area (Å²) in [4.78, 5) is 24.6. The molecule has 30 heavy (non-hydrogen) atoms. The van der Waals surface area contributed by atoms with E-state index < -0.39 is 15.9 Å². The summed E-state index contributed by atoms with van der Waals surface area (Å²) < 4.78 is 27.5. The van der Waals surface area contributed by atoms with Gasteiger partial charge in [-0.1, -0.05) is 18.6 Å². The summed E-state index contributed by atoms with van der Waals surface area (Å²) in [5, 5.41) is 5.50. The van der Waals surface area contributed by atoms with Gasteiger partial charge in [-0.2, -0.15) is 4.31 Å². The zero-order valence-electron chi connectivity index (χ0n) is 17.5. The first-order valence-corrected chi connectivity index (χ1v) is 11.4. The monoisotopic (exact) mass is 429 g/mol. The van der Waals surface area contributed by atoms with Crippen LogP contribution in [0.4, 0.5) is 11.4 Å². The van der Waals surface area contributed by atoms with Crippen molar-refractivity contribution >= 4 is 33.2 Å². The van der Waals surface area contributed by atoms with Crippen molar-refractivity contribution in [1.29, 1.82) is 0 Å². The summed E-state index contributed by atoms with van der Waals surface area (Å²) >= 11 is 0. The number of hydrogen-bond acceptors (Lipinski definition) is 4. The van der Waals surface area contributed by atoms with Crippen molar-refractivity contribution in [3.8, 4) is 0 Å². The number of sulfonamides is 1. The van der Waals surface area contributed by atoms with Gasteiger partial charge in [-0.05, 0) is 62.1 Å². The summed E-state index contributed by atoms with van der Waals surface area (Å²) in [6.07, 6.45) is 2.72. The van der Waals surface area contributed by atoms with Gasteiger partial charge in [-0.15, -0.1) is 0 Å². The molecule has 1 aliphatic heterocycles. The molecule has 1 saturated heterocycles. The van der Waals surface area contributed by atoms with Gasteiger partial charge in [-0.3, -0.25) is 9.59 Å². The third-order valence-corrected chi connectivity index (χ3v) is 7.04. The van der Waals surface area contributed by atoms with E-state index in [0.29, 0.717) is 30.0 Å². The SMILES string of the molecule is CC(=O)Nc1ccc(C)cc1NC(=O)c1cc(S(=O)(=O)N2CCCCC2)ccc1C. The molecule has 2 N–H and O–H groups in total. The second-order valence-electron chi connectivity index (χ2n) is 7.63. The van der Waals surface area contributed by atoms with Gasteiger partial charge in [-0.25, -0.2) is 8.42 Å². The van der Waals surface area contributed by atoms with Crippen LogP contribution in [0.15, 0.2) is 41.3 Å². The molecule has 0 aromatic heterocycles. The van der Waals surface area contributed by atoms with Gasteiger partial charge >= 0.3 is 0 Å². The molecule has 0 bridgehead atoms. The molecule has 0 spiro atoms. The predicted octanol–water partition coefficient (Wildman–Crippen LogP) is 3.69. The average molecular weight is 430 g/mol. The third-order valence-electron chi connectivity index (χ3n) is 5.14. The second kappa shape index (κ2) is 8.97. The lowest BCUT2D eigenvalue weighted by Crippen LogP contribution is -2.35. The highest BCUT2D eigenvalue weighted by Crippen LogP contribution is 2.26. The van der Waals surface area contributed by atoms with Crippen molar-refractivity contribution in [3.05, 3.63) is 53.1 Å². The van der Waals surface area contributed by atoms with Crippen LogP contribution in [0, 0.1) is 13.8 Å².